The van der Waals surface area contributed by atoms with Crippen molar-refractivity contribution in [2.24, 2.45) is 11.3 Å². The number of ether oxygens (including phenoxy) is 1. The molecule has 0 aromatic heterocycles. The van der Waals surface area contributed by atoms with Crippen molar-refractivity contribution in [3.05, 3.63) is 11.6 Å². The van der Waals surface area contributed by atoms with Crippen LogP contribution >= 0.6 is 0 Å². The molecule has 1 aliphatic carbocycles. The van der Waals surface area contributed by atoms with E-state index >= 15 is 0 Å². The Kier molecular flexibility index (Phi) is 3.35. The second-order valence-corrected chi connectivity index (χ2v) is 4.62. The van der Waals surface area contributed by atoms with E-state index in [0.29, 0.717) is 0 Å². The van der Waals surface area contributed by atoms with E-state index in [1.165, 1.54) is 12.7 Å². The first kappa shape index (κ1) is 11.3. The van der Waals surface area contributed by atoms with Crippen LogP contribution in [0.3, 0.4) is 0 Å². The number of hydrogen-bond donors (Lipinski definition) is 0. The number of carbonyl (C=O) groups is 1. The standard InChI is InChI=1S/C12H20O2/c1-5-9-7-6-8-12(2,3)10(9)11(13)14-4/h7,10H,5-6,8H2,1-4H3. The monoisotopic (exact) mass is 196 g/mol. The molecular formula is C12H20O2. The lowest BCUT2D eigenvalue weighted by Gasteiger charge is -2.37. The molecule has 1 unspecified atom stereocenters. The van der Waals surface area contributed by atoms with Crippen LogP contribution in [0.4, 0.5) is 0 Å². The van der Waals surface area contributed by atoms with Crippen LogP contribution < -0.4 is 0 Å². The average Bonchev–Trinajstić information content (AvgIpc) is 2.15. The second kappa shape index (κ2) is 4.16. The number of methoxy groups -OCH3 is 1. The topological polar surface area (TPSA) is 26.3 Å². The van der Waals surface area contributed by atoms with Crippen LogP contribution in [0.25, 0.3) is 0 Å². The number of carbonyl (C=O) groups excluding carboxylic acids is 1. The third-order valence-electron chi connectivity index (χ3n) is 3.19. The van der Waals surface area contributed by atoms with Crippen LogP contribution in [0.2, 0.25) is 0 Å². The number of rotatable bonds is 2. The molecule has 0 saturated heterocycles. The van der Waals surface area contributed by atoms with Crippen LogP contribution in [0.5, 0.6) is 0 Å². The zero-order valence-electron chi connectivity index (χ0n) is 9.59. The summed E-state index contributed by atoms with van der Waals surface area (Å²) in [6.07, 6.45) is 5.30. The van der Waals surface area contributed by atoms with Crippen molar-refractivity contribution < 1.29 is 9.53 Å². The van der Waals surface area contributed by atoms with E-state index in [1.54, 1.807) is 0 Å². The van der Waals surface area contributed by atoms with E-state index in [2.05, 4.69) is 26.8 Å². The molecule has 0 N–H and O–H groups in total. The molecule has 0 heterocycles. The fraction of sp³-hybridized carbons (Fsp3) is 0.750. The average molecular weight is 196 g/mol. The molecule has 0 radical (unpaired) electrons. The van der Waals surface area contributed by atoms with Crippen molar-refractivity contribution in [3.8, 4) is 0 Å². The normalized spacial score (nSPS) is 25.4. The molecule has 0 aliphatic heterocycles. The molecule has 1 atom stereocenters. The fourth-order valence-electron chi connectivity index (χ4n) is 2.33. The highest BCUT2D eigenvalue weighted by molar-refractivity contribution is 5.77. The van der Waals surface area contributed by atoms with Gasteiger partial charge in [0.1, 0.15) is 0 Å². The molecule has 0 aromatic rings. The molecule has 2 heteroatoms. The van der Waals surface area contributed by atoms with E-state index in [-0.39, 0.29) is 17.3 Å². The molecule has 0 bridgehead atoms. The Hall–Kier alpha value is -0.790. The van der Waals surface area contributed by atoms with Gasteiger partial charge < -0.3 is 4.74 Å². The van der Waals surface area contributed by atoms with Gasteiger partial charge in [-0.25, -0.2) is 0 Å². The van der Waals surface area contributed by atoms with Gasteiger partial charge in [-0.15, -0.1) is 0 Å². The maximum atomic E-state index is 11.7. The SMILES string of the molecule is CCC1=CCCC(C)(C)C1C(=O)OC. The highest BCUT2D eigenvalue weighted by atomic mass is 16.5. The lowest BCUT2D eigenvalue weighted by atomic mass is 9.68. The van der Waals surface area contributed by atoms with Crippen LogP contribution in [0.15, 0.2) is 11.6 Å². The summed E-state index contributed by atoms with van der Waals surface area (Å²) in [7, 11) is 1.47. The number of esters is 1. The summed E-state index contributed by atoms with van der Waals surface area (Å²) >= 11 is 0. The van der Waals surface area contributed by atoms with Crippen LogP contribution in [-0.2, 0) is 9.53 Å². The van der Waals surface area contributed by atoms with Gasteiger partial charge in [0.05, 0.1) is 13.0 Å². The Balaban J connectivity index is 2.97. The summed E-state index contributed by atoms with van der Waals surface area (Å²) in [6.45, 7) is 6.40. The third kappa shape index (κ3) is 1.99. The molecular weight excluding hydrogens is 176 g/mol. The zero-order valence-corrected chi connectivity index (χ0v) is 9.59. The molecule has 0 saturated carbocycles. The van der Waals surface area contributed by atoms with Crippen molar-refractivity contribution >= 4 is 5.97 Å². The number of allylic oxidation sites excluding steroid dienone is 1. The van der Waals surface area contributed by atoms with Gasteiger partial charge in [-0.2, -0.15) is 0 Å². The Morgan fingerprint density at radius 2 is 2.29 bits per heavy atom. The second-order valence-electron chi connectivity index (χ2n) is 4.62. The summed E-state index contributed by atoms with van der Waals surface area (Å²) in [6, 6.07) is 0. The number of hydrogen-bond acceptors (Lipinski definition) is 2. The predicted octanol–water partition coefficient (Wildman–Crippen LogP) is 2.93. The molecule has 1 rings (SSSR count). The molecule has 0 spiro atoms. The third-order valence-corrected chi connectivity index (χ3v) is 3.19. The molecule has 2 nitrogen and oxygen atoms in total. The summed E-state index contributed by atoms with van der Waals surface area (Å²) in [4.78, 5) is 11.7. The van der Waals surface area contributed by atoms with Gasteiger partial charge in [0, 0.05) is 0 Å². The van der Waals surface area contributed by atoms with Gasteiger partial charge >= 0.3 is 5.97 Å². The van der Waals surface area contributed by atoms with Crippen molar-refractivity contribution in [2.75, 3.05) is 7.11 Å². The molecule has 14 heavy (non-hydrogen) atoms. The van der Waals surface area contributed by atoms with Crippen LogP contribution in [0, 0.1) is 11.3 Å². The largest absolute Gasteiger partial charge is 0.469 e. The first-order chi connectivity index (χ1) is 6.53. The quantitative estimate of drug-likeness (QED) is 0.501. The Morgan fingerprint density at radius 3 is 2.79 bits per heavy atom. The van der Waals surface area contributed by atoms with Gasteiger partial charge in [0.15, 0.2) is 0 Å². The van der Waals surface area contributed by atoms with E-state index < -0.39 is 0 Å². The van der Waals surface area contributed by atoms with Gasteiger partial charge in [0.2, 0.25) is 0 Å². The first-order valence-corrected chi connectivity index (χ1v) is 5.29. The predicted molar refractivity (Wildman–Crippen MR) is 56.9 cm³/mol. The van der Waals surface area contributed by atoms with E-state index in [0.717, 1.165) is 19.3 Å². The van der Waals surface area contributed by atoms with Gasteiger partial charge in [0.25, 0.3) is 0 Å². The van der Waals surface area contributed by atoms with Gasteiger partial charge in [-0.05, 0) is 24.7 Å². The Labute approximate surface area is 86.3 Å². The maximum absolute atomic E-state index is 11.7. The minimum absolute atomic E-state index is 0.0359. The van der Waals surface area contributed by atoms with Gasteiger partial charge in [-0.3, -0.25) is 4.79 Å². The van der Waals surface area contributed by atoms with Crippen LogP contribution in [-0.4, -0.2) is 13.1 Å². The van der Waals surface area contributed by atoms with Crippen molar-refractivity contribution in [3.63, 3.8) is 0 Å². The summed E-state index contributed by atoms with van der Waals surface area (Å²) in [5.74, 6) is -0.117. The van der Waals surface area contributed by atoms with E-state index in [1.807, 2.05) is 0 Å². The maximum Gasteiger partial charge on any atom is 0.313 e. The summed E-state index contributed by atoms with van der Waals surface area (Å²) < 4.78 is 4.88. The molecule has 1 aliphatic rings. The van der Waals surface area contributed by atoms with Crippen molar-refractivity contribution in [2.45, 2.75) is 40.0 Å². The zero-order chi connectivity index (χ0) is 10.8. The summed E-state index contributed by atoms with van der Waals surface area (Å²) in [5.41, 5.74) is 1.29. The molecule has 0 aromatic carbocycles. The van der Waals surface area contributed by atoms with E-state index in [9.17, 15) is 4.79 Å². The Morgan fingerprint density at radius 1 is 1.64 bits per heavy atom. The minimum atomic E-state index is -0.0807. The van der Waals surface area contributed by atoms with Gasteiger partial charge in [-0.1, -0.05) is 32.4 Å². The van der Waals surface area contributed by atoms with Crippen LogP contribution in [0.1, 0.15) is 40.0 Å². The molecule has 0 fully saturated rings. The Bertz CT molecular complexity index is 251. The summed E-state index contributed by atoms with van der Waals surface area (Å²) in [5, 5.41) is 0. The lowest BCUT2D eigenvalue weighted by molar-refractivity contribution is -0.148. The van der Waals surface area contributed by atoms with E-state index in [4.69, 9.17) is 4.74 Å². The molecule has 0 amide bonds. The highest BCUT2D eigenvalue weighted by Gasteiger charge is 2.39. The molecule has 80 valence electrons. The minimum Gasteiger partial charge on any atom is -0.469 e. The lowest BCUT2D eigenvalue weighted by Crippen LogP contribution is -2.35. The fourth-order valence-corrected chi connectivity index (χ4v) is 2.33. The highest BCUT2D eigenvalue weighted by Crippen LogP contribution is 2.42. The van der Waals surface area contributed by atoms with Crippen molar-refractivity contribution in [1.82, 2.24) is 0 Å². The first-order valence-electron chi connectivity index (χ1n) is 5.29. The van der Waals surface area contributed by atoms with Crippen molar-refractivity contribution in [1.29, 1.82) is 0 Å². The smallest absolute Gasteiger partial charge is 0.313 e.